The molecule has 0 saturated heterocycles. The van der Waals surface area contributed by atoms with Crippen molar-refractivity contribution in [3.63, 3.8) is 0 Å². The Bertz CT molecular complexity index is 958. The molecular formula is C17H13Cl2N3O2. The lowest BCUT2D eigenvalue weighted by Crippen LogP contribution is -2.15. The molecule has 122 valence electrons. The van der Waals surface area contributed by atoms with Gasteiger partial charge in [0.2, 0.25) is 0 Å². The van der Waals surface area contributed by atoms with E-state index in [1.807, 2.05) is 0 Å². The first-order valence-corrected chi connectivity index (χ1v) is 7.80. The molecule has 0 amide bonds. The number of pyridine rings is 2. The molecule has 0 aliphatic rings. The number of hydrogen-bond acceptors (Lipinski definition) is 4. The fraction of sp³-hybridized carbons (Fsp3) is 0.118. The monoisotopic (exact) mass is 361 g/mol. The highest BCUT2D eigenvalue weighted by Crippen LogP contribution is 2.37. The third-order valence-electron chi connectivity index (χ3n) is 3.64. The Morgan fingerprint density at radius 3 is 2.58 bits per heavy atom. The van der Waals surface area contributed by atoms with Crippen LogP contribution in [-0.2, 0) is 0 Å². The Morgan fingerprint density at radius 2 is 1.92 bits per heavy atom. The molecule has 0 unspecified atom stereocenters. The molecule has 0 saturated carbocycles. The van der Waals surface area contributed by atoms with E-state index in [0.717, 1.165) is 0 Å². The van der Waals surface area contributed by atoms with Gasteiger partial charge in [0.15, 0.2) is 0 Å². The zero-order valence-corrected chi connectivity index (χ0v) is 14.4. The molecule has 1 N–H and O–H groups in total. The molecule has 5 nitrogen and oxygen atoms in total. The van der Waals surface area contributed by atoms with Crippen LogP contribution in [0.5, 0.6) is 0 Å². The maximum absolute atomic E-state index is 11.5. The first kappa shape index (κ1) is 16.5. The summed E-state index contributed by atoms with van der Waals surface area (Å²) >= 11 is 12.4. The predicted molar refractivity (Wildman–Crippen MR) is 96.3 cm³/mol. The van der Waals surface area contributed by atoms with Gasteiger partial charge >= 0.3 is 5.97 Å². The van der Waals surface area contributed by atoms with E-state index >= 15 is 0 Å². The van der Waals surface area contributed by atoms with Crippen LogP contribution in [0.4, 0.5) is 5.69 Å². The summed E-state index contributed by atoms with van der Waals surface area (Å²) in [6.45, 7) is 0. The van der Waals surface area contributed by atoms with Crippen LogP contribution in [0.1, 0.15) is 10.4 Å². The lowest BCUT2D eigenvalue weighted by atomic mass is 10.0. The first-order chi connectivity index (χ1) is 11.4. The average Bonchev–Trinajstić information content (AvgIpc) is 2.55. The predicted octanol–water partition coefficient (Wildman–Crippen LogP) is 4.37. The van der Waals surface area contributed by atoms with Gasteiger partial charge in [0.1, 0.15) is 5.56 Å². The summed E-state index contributed by atoms with van der Waals surface area (Å²) in [6, 6.07) is 7.02. The Hall–Kier alpha value is -2.37. The van der Waals surface area contributed by atoms with Crippen LogP contribution < -0.4 is 4.90 Å². The molecule has 0 radical (unpaired) electrons. The Kier molecular flexibility index (Phi) is 4.30. The number of rotatable bonds is 3. The number of carbonyl (C=O) groups is 1. The SMILES string of the molecule is CN(C)c1c(C(=O)O)cnc2c(-c3cccc(Cl)c3Cl)nccc12. The molecule has 2 aromatic heterocycles. The number of anilines is 1. The van der Waals surface area contributed by atoms with Crippen LogP contribution in [0, 0.1) is 0 Å². The van der Waals surface area contributed by atoms with Crippen molar-refractivity contribution in [2.45, 2.75) is 0 Å². The smallest absolute Gasteiger partial charge is 0.339 e. The van der Waals surface area contributed by atoms with Crippen molar-refractivity contribution in [2.75, 3.05) is 19.0 Å². The average molecular weight is 362 g/mol. The minimum atomic E-state index is -1.03. The van der Waals surface area contributed by atoms with E-state index < -0.39 is 5.97 Å². The summed E-state index contributed by atoms with van der Waals surface area (Å²) in [4.78, 5) is 22.0. The molecule has 24 heavy (non-hydrogen) atoms. The van der Waals surface area contributed by atoms with Gasteiger partial charge in [0, 0.05) is 37.4 Å². The zero-order valence-electron chi connectivity index (χ0n) is 12.9. The molecule has 2 heterocycles. The first-order valence-electron chi connectivity index (χ1n) is 7.04. The van der Waals surface area contributed by atoms with Crippen LogP contribution in [0.25, 0.3) is 22.2 Å². The molecule has 7 heteroatoms. The number of benzene rings is 1. The molecule has 0 spiro atoms. The highest BCUT2D eigenvalue weighted by atomic mass is 35.5. The van der Waals surface area contributed by atoms with Gasteiger partial charge < -0.3 is 10.0 Å². The minimum Gasteiger partial charge on any atom is -0.478 e. The molecule has 0 aliphatic heterocycles. The molecule has 0 fully saturated rings. The summed E-state index contributed by atoms with van der Waals surface area (Å²) in [5.74, 6) is -1.03. The lowest BCUT2D eigenvalue weighted by Gasteiger charge is -2.18. The molecule has 0 atom stereocenters. The van der Waals surface area contributed by atoms with Crippen LogP contribution >= 0.6 is 23.2 Å². The maximum atomic E-state index is 11.5. The van der Waals surface area contributed by atoms with Crippen LogP contribution in [0.15, 0.2) is 36.7 Å². The highest BCUT2D eigenvalue weighted by Gasteiger charge is 2.19. The van der Waals surface area contributed by atoms with Crippen LogP contribution in [0.2, 0.25) is 10.0 Å². The van der Waals surface area contributed by atoms with E-state index in [-0.39, 0.29) is 5.56 Å². The van der Waals surface area contributed by atoms with Crippen molar-refractivity contribution in [1.82, 2.24) is 9.97 Å². The van der Waals surface area contributed by atoms with Crippen molar-refractivity contribution in [1.29, 1.82) is 0 Å². The molecule has 0 bridgehead atoms. The summed E-state index contributed by atoms with van der Waals surface area (Å²) in [5, 5.41) is 10.9. The molecule has 1 aromatic carbocycles. The molecular weight excluding hydrogens is 349 g/mol. The molecule has 3 aromatic rings. The Balaban J connectivity index is 2.39. The maximum Gasteiger partial charge on any atom is 0.339 e. The summed E-state index contributed by atoms with van der Waals surface area (Å²) in [7, 11) is 3.57. The van der Waals surface area contributed by atoms with E-state index in [9.17, 15) is 9.90 Å². The van der Waals surface area contributed by atoms with Gasteiger partial charge in [-0.15, -0.1) is 0 Å². The normalized spacial score (nSPS) is 10.8. The fourth-order valence-corrected chi connectivity index (χ4v) is 3.02. The second-order valence-electron chi connectivity index (χ2n) is 5.38. The van der Waals surface area contributed by atoms with Gasteiger partial charge in [0.25, 0.3) is 0 Å². The van der Waals surface area contributed by atoms with Crippen molar-refractivity contribution >= 4 is 45.8 Å². The quantitative estimate of drug-likeness (QED) is 0.750. The summed E-state index contributed by atoms with van der Waals surface area (Å²) in [6.07, 6.45) is 2.94. The lowest BCUT2D eigenvalue weighted by molar-refractivity contribution is 0.0697. The molecule has 0 aliphatic carbocycles. The van der Waals surface area contributed by atoms with Gasteiger partial charge in [-0.05, 0) is 12.1 Å². The van der Waals surface area contributed by atoms with Crippen molar-refractivity contribution in [3.05, 3.63) is 52.3 Å². The number of carboxylic acid groups (broad SMARTS) is 1. The summed E-state index contributed by atoms with van der Waals surface area (Å²) < 4.78 is 0. The second kappa shape index (κ2) is 6.26. The van der Waals surface area contributed by atoms with Crippen molar-refractivity contribution in [2.24, 2.45) is 0 Å². The minimum absolute atomic E-state index is 0.127. The number of carboxylic acids is 1. The summed E-state index contributed by atoms with van der Waals surface area (Å²) in [5.41, 5.74) is 2.46. The van der Waals surface area contributed by atoms with E-state index in [1.165, 1.54) is 6.20 Å². The van der Waals surface area contributed by atoms with Gasteiger partial charge in [-0.1, -0.05) is 35.3 Å². The van der Waals surface area contributed by atoms with E-state index in [0.29, 0.717) is 37.9 Å². The van der Waals surface area contributed by atoms with E-state index in [1.54, 1.807) is 49.5 Å². The van der Waals surface area contributed by atoms with Gasteiger partial charge in [0.05, 0.1) is 26.9 Å². The van der Waals surface area contributed by atoms with Gasteiger partial charge in [-0.25, -0.2) is 4.79 Å². The topological polar surface area (TPSA) is 66.3 Å². The van der Waals surface area contributed by atoms with E-state index in [2.05, 4.69) is 9.97 Å². The number of fused-ring (bicyclic) bond motifs is 1. The number of aromatic carboxylic acids is 1. The van der Waals surface area contributed by atoms with Gasteiger partial charge in [-0.3, -0.25) is 9.97 Å². The van der Waals surface area contributed by atoms with Crippen LogP contribution in [-0.4, -0.2) is 35.1 Å². The zero-order chi connectivity index (χ0) is 17.4. The molecule has 3 rings (SSSR count). The highest BCUT2D eigenvalue weighted by molar-refractivity contribution is 6.43. The largest absolute Gasteiger partial charge is 0.478 e. The Labute approximate surface area is 148 Å². The van der Waals surface area contributed by atoms with Crippen molar-refractivity contribution in [3.8, 4) is 11.3 Å². The van der Waals surface area contributed by atoms with E-state index in [4.69, 9.17) is 23.2 Å². The van der Waals surface area contributed by atoms with Gasteiger partial charge in [-0.2, -0.15) is 0 Å². The second-order valence-corrected chi connectivity index (χ2v) is 6.16. The Morgan fingerprint density at radius 1 is 1.17 bits per heavy atom. The standard InChI is InChI=1S/C17H13Cl2N3O2/c1-22(2)16-10-6-7-20-14(9-4-3-5-12(18)13(9)19)15(10)21-8-11(16)17(23)24/h3-8H,1-2H3,(H,23,24). The van der Waals surface area contributed by atoms with Crippen molar-refractivity contribution < 1.29 is 9.90 Å². The third-order valence-corrected chi connectivity index (χ3v) is 4.46. The fourth-order valence-electron chi connectivity index (χ4n) is 2.63. The van der Waals surface area contributed by atoms with Crippen LogP contribution in [0.3, 0.4) is 0 Å². The number of aromatic nitrogens is 2. The number of nitrogens with zero attached hydrogens (tertiary/aromatic N) is 3. The number of hydrogen-bond donors (Lipinski definition) is 1. The third kappa shape index (κ3) is 2.66. The number of halogens is 2.